The van der Waals surface area contributed by atoms with E-state index in [1.165, 1.54) is 0 Å². The standard InChI is InChI=1S/C17H30B2FO8P/c1-9(2)23-7-13-16(15(20)17(19)27-13)28-29(21,22-5)24-8-12-11(25-10(3)4)6-14(18)26-12/h9-17H,6-8H2,1-5H3/t11-,12-,13-,14-,15?,16+,17-,29?/m1/s1. The Kier molecular flexibility index (Phi) is 9.63. The maximum Gasteiger partial charge on any atom is 0.475 e. The average Bonchev–Trinajstić information content (AvgIpc) is 3.11. The smallest absolute Gasteiger partial charge is 0.380 e. The number of ether oxygens (including phenoxy) is 4. The third kappa shape index (κ3) is 7.28. The van der Waals surface area contributed by atoms with Crippen LogP contribution in [0.4, 0.5) is 4.39 Å². The molecule has 2 saturated heterocycles. The summed E-state index contributed by atoms with van der Waals surface area (Å²) < 4.78 is 65.3. The molecule has 0 spiro atoms. The van der Waals surface area contributed by atoms with Crippen molar-refractivity contribution in [1.29, 1.82) is 0 Å². The summed E-state index contributed by atoms with van der Waals surface area (Å²) in [6, 6.07) is -1.75. The van der Waals surface area contributed by atoms with Crippen LogP contribution in [0.5, 0.6) is 0 Å². The first-order valence-corrected chi connectivity index (χ1v) is 11.2. The van der Waals surface area contributed by atoms with Crippen LogP contribution in [-0.4, -0.2) is 90.8 Å². The zero-order valence-electron chi connectivity index (χ0n) is 17.6. The van der Waals surface area contributed by atoms with Gasteiger partial charge in [-0.25, -0.2) is 8.96 Å². The summed E-state index contributed by atoms with van der Waals surface area (Å²) in [5, 5.41) is 0. The number of halogens is 1. The number of phosphoric acid groups is 1. The van der Waals surface area contributed by atoms with Gasteiger partial charge in [0.25, 0.3) is 0 Å². The maximum atomic E-state index is 14.5. The first-order valence-electron chi connectivity index (χ1n) is 9.76. The van der Waals surface area contributed by atoms with Crippen molar-refractivity contribution in [3.05, 3.63) is 0 Å². The van der Waals surface area contributed by atoms with Gasteiger partial charge in [0.1, 0.15) is 40.2 Å². The van der Waals surface area contributed by atoms with Crippen LogP contribution in [0.3, 0.4) is 0 Å². The Morgan fingerprint density at radius 3 is 2.38 bits per heavy atom. The van der Waals surface area contributed by atoms with Gasteiger partial charge in [0.2, 0.25) is 0 Å². The minimum atomic E-state index is -4.14. The molecule has 2 aliphatic heterocycles. The van der Waals surface area contributed by atoms with E-state index in [0.717, 1.165) is 7.11 Å². The molecule has 0 aromatic rings. The van der Waals surface area contributed by atoms with E-state index in [9.17, 15) is 8.96 Å². The summed E-state index contributed by atoms with van der Waals surface area (Å²) >= 11 is 0. The van der Waals surface area contributed by atoms with E-state index < -0.39 is 44.3 Å². The average molecular weight is 434 g/mol. The van der Waals surface area contributed by atoms with Gasteiger partial charge in [-0.15, -0.1) is 0 Å². The van der Waals surface area contributed by atoms with Gasteiger partial charge in [-0.3, -0.25) is 13.6 Å². The summed E-state index contributed by atoms with van der Waals surface area (Å²) in [5.41, 5.74) is 0. The van der Waals surface area contributed by atoms with Crippen molar-refractivity contribution in [1.82, 2.24) is 0 Å². The Hall–Kier alpha value is 0.00987. The van der Waals surface area contributed by atoms with Crippen LogP contribution in [0.15, 0.2) is 0 Å². The second kappa shape index (κ2) is 11.0. The van der Waals surface area contributed by atoms with Crippen LogP contribution in [0.25, 0.3) is 0 Å². The van der Waals surface area contributed by atoms with Crippen LogP contribution in [0, 0.1) is 0 Å². The molecule has 0 aromatic heterocycles. The highest BCUT2D eigenvalue weighted by molar-refractivity contribution is 7.48. The van der Waals surface area contributed by atoms with Crippen molar-refractivity contribution in [2.45, 2.75) is 88.9 Å². The predicted octanol–water partition coefficient (Wildman–Crippen LogP) is 1.88. The fourth-order valence-corrected chi connectivity index (χ4v) is 4.25. The largest absolute Gasteiger partial charge is 0.475 e. The van der Waals surface area contributed by atoms with Crippen molar-refractivity contribution in [3.63, 3.8) is 0 Å². The molecule has 8 atom stereocenters. The van der Waals surface area contributed by atoms with E-state index >= 15 is 0 Å². The Labute approximate surface area is 174 Å². The monoisotopic (exact) mass is 434 g/mol. The van der Waals surface area contributed by atoms with Gasteiger partial charge in [0.05, 0.1) is 37.5 Å². The Morgan fingerprint density at radius 2 is 1.79 bits per heavy atom. The SMILES string of the molecule is [B][C@@H]1O[C@H](COC(C)C)[C@H](OP(=O)(OC)OC[C@H]2O[C@@H]([B])C[C@H]2OC(C)C)C1F. The number of alkyl halides is 1. The van der Waals surface area contributed by atoms with E-state index in [2.05, 4.69) is 0 Å². The molecule has 2 fully saturated rings. The molecule has 0 amide bonds. The zero-order valence-corrected chi connectivity index (χ0v) is 18.5. The Balaban J connectivity index is 1.99. The Morgan fingerprint density at radius 1 is 1.10 bits per heavy atom. The molecule has 8 nitrogen and oxygen atoms in total. The van der Waals surface area contributed by atoms with Gasteiger partial charge in [-0.1, -0.05) is 0 Å². The summed E-state index contributed by atoms with van der Waals surface area (Å²) in [5.74, 6) is 0. The normalized spacial score (nSPS) is 37.4. The van der Waals surface area contributed by atoms with E-state index in [1.807, 2.05) is 27.7 Å². The molecule has 164 valence electrons. The molecule has 0 aromatic carbocycles. The molecule has 0 bridgehead atoms. The van der Waals surface area contributed by atoms with Crippen molar-refractivity contribution < 1.29 is 41.5 Å². The minimum Gasteiger partial charge on any atom is -0.380 e. The molecule has 2 unspecified atom stereocenters. The number of hydrogen-bond acceptors (Lipinski definition) is 8. The minimum absolute atomic E-state index is 0.0189. The van der Waals surface area contributed by atoms with Crippen molar-refractivity contribution in [3.8, 4) is 0 Å². The zero-order chi connectivity index (χ0) is 21.8. The van der Waals surface area contributed by atoms with Crippen LogP contribution in [0.1, 0.15) is 34.1 Å². The van der Waals surface area contributed by atoms with Gasteiger partial charge in [-0.05, 0) is 34.1 Å². The van der Waals surface area contributed by atoms with Gasteiger partial charge >= 0.3 is 7.82 Å². The first kappa shape index (κ1) is 25.3. The van der Waals surface area contributed by atoms with Crippen molar-refractivity contribution >= 4 is 23.5 Å². The molecule has 0 N–H and O–H groups in total. The molecule has 12 heteroatoms. The number of phosphoric ester groups is 1. The number of rotatable bonds is 11. The lowest BCUT2D eigenvalue weighted by Gasteiger charge is -2.26. The third-order valence-corrected chi connectivity index (χ3v) is 5.88. The highest BCUT2D eigenvalue weighted by Crippen LogP contribution is 2.52. The van der Waals surface area contributed by atoms with Crippen LogP contribution in [0.2, 0.25) is 0 Å². The summed E-state index contributed by atoms with van der Waals surface area (Å²) in [6.45, 7) is 7.26. The van der Waals surface area contributed by atoms with E-state index in [0.29, 0.717) is 6.42 Å². The van der Waals surface area contributed by atoms with E-state index in [4.69, 9.17) is 48.2 Å². The summed E-state index contributed by atoms with van der Waals surface area (Å²) in [6.07, 6.45) is -4.45. The molecule has 2 aliphatic rings. The van der Waals surface area contributed by atoms with Crippen molar-refractivity contribution in [2.24, 2.45) is 0 Å². The van der Waals surface area contributed by atoms with Crippen molar-refractivity contribution in [2.75, 3.05) is 20.3 Å². The second-order valence-corrected chi connectivity index (χ2v) is 9.36. The van der Waals surface area contributed by atoms with Crippen LogP contribution >= 0.6 is 7.82 Å². The molecule has 2 heterocycles. The molecule has 0 saturated carbocycles. The molecule has 2 rings (SSSR count). The molecular weight excluding hydrogens is 404 g/mol. The Bertz CT molecular complexity index is 558. The van der Waals surface area contributed by atoms with Gasteiger partial charge in [0.15, 0.2) is 0 Å². The molecular formula is C17H30B2FO8P. The first-order chi connectivity index (χ1) is 13.5. The van der Waals surface area contributed by atoms with Gasteiger partial charge in [0, 0.05) is 13.1 Å². The quantitative estimate of drug-likeness (QED) is 0.361. The highest BCUT2D eigenvalue weighted by Gasteiger charge is 2.48. The molecule has 29 heavy (non-hydrogen) atoms. The van der Waals surface area contributed by atoms with Crippen LogP contribution < -0.4 is 0 Å². The van der Waals surface area contributed by atoms with Gasteiger partial charge in [-0.2, -0.15) is 0 Å². The lowest BCUT2D eigenvalue weighted by atomic mass is 9.94. The lowest BCUT2D eigenvalue weighted by molar-refractivity contribution is -0.0672. The van der Waals surface area contributed by atoms with E-state index in [1.54, 1.807) is 0 Å². The van der Waals surface area contributed by atoms with Crippen LogP contribution in [-0.2, 0) is 37.1 Å². The number of hydrogen-bond donors (Lipinski definition) is 0. The maximum absolute atomic E-state index is 14.5. The molecule has 0 aliphatic carbocycles. The summed E-state index contributed by atoms with van der Waals surface area (Å²) in [7, 11) is 8.45. The summed E-state index contributed by atoms with van der Waals surface area (Å²) in [4.78, 5) is 0. The lowest BCUT2D eigenvalue weighted by Crippen LogP contribution is -2.36. The van der Waals surface area contributed by atoms with Gasteiger partial charge < -0.3 is 18.9 Å². The molecule has 4 radical (unpaired) electrons. The highest BCUT2D eigenvalue weighted by atomic mass is 31.2. The fraction of sp³-hybridized carbons (Fsp3) is 1.00. The second-order valence-electron chi connectivity index (χ2n) is 7.63. The topological polar surface area (TPSA) is 81.7 Å². The fourth-order valence-electron chi connectivity index (χ4n) is 3.12. The van der Waals surface area contributed by atoms with E-state index in [-0.39, 0.29) is 31.5 Å². The third-order valence-electron chi connectivity index (χ3n) is 4.47. The predicted molar refractivity (Wildman–Crippen MR) is 105 cm³/mol.